The Bertz CT molecular complexity index is 199. The molecule has 0 atom stereocenters. The minimum absolute atomic E-state index is 0.373. The van der Waals surface area contributed by atoms with E-state index >= 15 is 0 Å². The van der Waals surface area contributed by atoms with Crippen molar-refractivity contribution in [2.24, 2.45) is 0 Å². The summed E-state index contributed by atoms with van der Waals surface area (Å²) in [5.41, 5.74) is -0.398. The molecule has 0 aromatic carbocycles. The van der Waals surface area contributed by atoms with Gasteiger partial charge in [0.15, 0.2) is 0 Å². The lowest BCUT2D eigenvalue weighted by molar-refractivity contribution is -0.148. The van der Waals surface area contributed by atoms with Crippen LogP contribution < -0.4 is 0 Å². The molecule has 0 amide bonds. The van der Waals surface area contributed by atoms with E-state index in [0.717, 1.165) is 6.08 Å². The maximum Gasteiger partial charge on any atom is 0.330 e. The van der Waals surface area contributed by atoms with E-state index in [0.29, 0.717) is 0 Å². The van der Waals surface area contributed by atoms with Crippen LogP contribution in [0.1, 0.15) is 53.4 Å². The second kappa shape index (κ2) is 10.5. The molecule has 0 aromatic heterocycles. The Morgan fingerprint density at radius 3 is 2.06 bits per heavy atom. The Balaban J connectivity index is 0. The summed E-state index contributed by atoms with van der Waals surface area (Å²) in [6.07, 6.45) is 8.31. The summed E-state index contributed by atoms with van der Waals surface area (Å²) in [5, 5.41) is 0. The highest BCUT2D eigenvalue weighted by atomic mass is 16.6. The van der Waals surface area contributed by atoms with Crippen LogP contribution in [-0.4, -0.2) is 11.6 Å². The fraction of sp³-hybridized carbons (Fsp3) is 0.643. The zero-order chi connectivity index (χ0) is 13.0. The average Bonchev–Trinajstić information content (AvgIpc) is 2.17. The van der Waals surface area contributed by atoms with E-state index in [9.17, 15) is 4.79 Å². The Kier molecular flexibility index (Phi) is 11.3. The third-order valence-electron chi connectivity index (χ3n) is 1.59. The van der Waals surface area contributed by atoms with Crippen LogP contribution in [-0.2, 0) is 9.53 Å². The first-order chi connectivity index (χ1) is 7.37. The Hall–Kier alpha value is -1.05. The molecule has 0 fully saturated rings. The van der Waals surface area contributed by atoms with Crippen LogP contribution in [0.2, 0.25) is 0 Å². The average molecular weight is 226 g/mol. The molecule has 2 heteroatoms. The number of esters is 1. The zero-order valence-corrected chi connectivity index (χ0v) is 11.2. The predicted octanol–water partition coefficient (Wildman–Crippen LogP) is 4.27. The minimum atomic E-state index is -0.398. The number of rotatable bonds is 5. The van der Waals surface area contributed by atoms with Gasteiger partial charge in [-0.3, -0.25) is 0 Å². The van der Waals surface area contributed by atoms with Gasteiger partial charge >= 0.3 is 5.97 Å². The summed E-state index contributed by atoms with van der Waals surface area (Å²) < 4.78 is 4.83. The molecule has 0 aromatic rings. The lowest BCUT2D eigenvalue weighted by atomic mass is 10.2. The Morgan fingerprint density at radius 2 is 1.81 bits per heavy atom. The summed E-state index contributed by atoms with van der Waals surface area (Å²) in [6, 6.07) is 0. The molecule has 0 aliphatic rings. The van der Waals surface area contributed by atoms with E-state index in [1.807, 2.05) is 26.8 Å². The molecule has 0 spiro atoms. The molecule has 2 nitrogen and oxygen atoms in total. The number of hydrogen-bond acceptors (Lipinski definition) is 2. The van der Waals surface area contributed by atoms with Crippen molar-refractivity contribution in [2.75, 3.05) is 0 Å². The van der Waals surface area contributed by atoms with E-state index in [4.69, 9.17) is 4.74 Å². The van der Waals surface area contributed by atoms with Gasteiger partial charge in [-0.25, -0.2) is 4.79 Å². The second-order valence-corrected chi connectivity index (χ2v) is 4.52. The van der Waals surface area contributed by atoms with Gasteiger partial charge in [0.25, 0.3) is 0 Å². The standard InChI is InChI=1S/C7H12O2.C7H14/c1-5-6(8)9-7(2,3)4;1-3-5-7-6-4-2/h5H,1H2,2-4H3;3H,1,4-7H2,2H3. The molecule has 0 unspecified atom stereocenters. The molecule has 0 saturated heterocycles. The van der Waals surface area contributed by atoms with Gasteiger partial charge in [0, 0.05) is 6.08 Å². The van der Waals surface area contributed by atoms with Crippen LogP contribution in [0.15, 0.2) is 25.3 Å². The molecule has 16 heavy (non-hydrogen) atoms. The molecular weight excluding hydrogens is 200 g/mol. The van der Waals surface area contributed by atoms with E-state index in [1.165, 1.54) is 25.7 Å². The summed E-state index contributed by atoms with van der Waals surface area (Å²) in [5.74, 6) is -0.373. The molecule has 0 N–H and O–H groups in total. The van der Waals surface area contributed by atoms with Crippen LogP contribution in [0.5, 0.6) is 0 Å². The number of ether oxygens (including phenoxy) is 1. The van der Waals surface area contributed by atoms with E-state index in [1.54, 1.807) is 0 Å². The summed E-state index contributed by atoms with van der Waals surface area (Å²) in [7, 11) is 0. The van der Waals surface area contributed by atoms with E-state index in [2.05, 4.69) is 20.1 Å². The van der Waals surface area contributed by atoms with Gasteiger partial charge in [-0.05, 0) is 33.6 Å². The lowest BCUT2D eigenvalue weighted by Gasteiger charge is -2.17. The summed E-state index contributed by atoms with van der Waals surface area (Å²) >= 11 is 0. The van der Waals surface area contributed by atoms with Crippen LogP contribution in [0.25, 0.3) is 0 Å². The first-order valence-corrected chi connectivity index (χ1v) is 5.83. The molecule has 0 aliphatic heterocycles. The number of allylic oxidation sites excluding steroid dienone is 1. The molecule has 0 rings (SSSR count). The van der Waals surface area contributed by atoms with Crippen molar-refractivity contribution >= 4 is 5.97 Å². The topological polar surface area (TPSA) is 26.3 Å². The van der Waals surface area contributed by atoms with Gasteiger partial charge < -0.3 is 4.74 Å². The predicted molar refractivity (Wildman–Crippen MR) is 70.4 cm³/mol. The molecule has 0 saturated carbocycles. The summed E-state index contributed by atoms with van der Waals surface area (Å²) in [4.78, 5) is 10.5. The van der Waals surface area contributed by atoms with Crippen molar-refractivity contribution in [3.63, 3.8) is 0 Å². The number of unbranched alkanes of at least 4 members (excludes halogenated alkanes) is 3. The molecule has 0 aliphatic carbocycles. The van der Waals surface area contributed by atoms with Crippen molar-refractivity contribution in [3.8, 4) is 0 Å². The van der Waals surface area contributed by atoms with Gasteiger partial charge in [-0.1, -0.05) is 32.4 Å². The fourth-order valence-electron chi connectivity index (χ4n) is 0.882. The molecule has 0 heterocycles. The molecule has 0 radical (unpaired) electrons. The lowest BCUT2D eigenvalue weighted by Crippen LogP contribution is -2.22. The Morgan fingerprint density at radius 1 is 1.25 bits per heavy atom. The molecule has 0 bridgehead atoms. The number of carbonyl (C=O) groups excluding carboxylic acids is 1. The van der Waals surface area contributed by atoms with Crippen LogP contribution >= 0.6 is 0 Å². The fourth-order valence-corrected chi connectivity index (χ4v) is 0.882. The van der Waals surface area contributed by atoms with Crippen LogP contribution in [0, 0.1) is 0 Å². The number of hydrogen-bond donors (Lipinski definition) is 0. The highest BCUT2D eigenvalue weighted by Crippen LogP contribution is 2.06. The first kappa shape index (κ1) is 17.3. The first-order valence-electron chi connectivity index (χ1n) is 5.83. The van der Waals surface area contributed by atoms with Gasteiger partial charge in [0.1, 0.15) is 5.60 Å². The zero-order valence-electron chi connectivity index (χ0n) is 11.2. The highest BCUT2D eigenvalue weighted by molar-refractivity contribution is 5.81. The van der Waals surface area contributed by atoms with Gasteiger partial charge in [0.2, 0.25) is 0 Å². The van der Waals surface area contributed by atoms with Crippen molar-refractivity contribution < 1.29 is 9.53 Å². The van der Waals surface area contributed by atoms with Crippen LogP contribution in [0.3, 0.4) is 0 Å². The van der Waals surface area contributed by atoms with Crippen LogP contribution in [0.4, 0.5) is 0 Å². The minimum Gasteiger partial charge on any atom is -0.457 e. The van der Waals surface area contributed by atoms with Gasteiger partial charge in [-0.2, -0.15) is 0 Å². The van der Waals surface area contributed by atoms with Gasteiger partial charge in [-0.15, -0.1) is 6.58 Å². The van der Waals surface area contributed by atoms with E-state index < -0.39 is 5.60 Å². The SMILES string of the molecule is C=CC(=O)OC(C)(C)C.C=CCCCCC. The normalized spacial score (nSPS) is 9.75. The summed E-state index contributed by atoms with van der Waals surface area (Å²) in [6.45, 7) is 14.6. The smallest absolute Gasteiger partial charge is 0.330 e. The van der Waals surface area contributed by atoms with E-state index in [-0.39, 0.29) is 5.97 Å². The van der Waals surface area contributed by atoms with Crippen molar-refractivity contribution in [3.05, 3.63) is 25.3 Å². The van der Waals surface area contributed by atoms with Crippen molar-refractivity contribution in [1.82, 2.24) is 0 Å². The maximum atomic E-state index is 10.5. The van der Waals surface area contributed by atoms with Crippen molar-refractivity contribution in [2.45, 2.75) is 59.0 Å². The van der Waals surface area contributed by atoms with Crippen molar-refractivity contribution in [1.29, 1.82) is 0 Å². The molecule has 94 valence electrons. The second-order valence-electron chi connectivity index (χ2n) is 4.52. The highest BCUT2D eigenvalue weighted by Gasteiger charge is 2.12. The van der Waals surface area contributed by atoms with Gasteiger partial charge in [0.05, 0.1) is 0 Å². The number of carbonyl (C=O) groups is 1. The molecular formula is C14H26O2. The Labute approximate surface area is 100 Å². The third kappa shape index (κ3) is 18.7. The quantitative estimate of drug-likeness (QED) is 0.303. The third-order valence-corrected chi connectivity index (χ3v) is 1.59. The maximum absolute atomic E-state index is 10.5. The monoisotopic (exact) mass is 226 g/mol. The largest absolute Gasteiger partial charge is 0.457 e.